The zero-order valence-corrected chi connectivity index (χ0v) is 11.9. The lowest BCUT2D eigenvalue weighted by Crippen LogP contribution is -2.00. The lowest BCUT2D eigenvalue weighted by atomic mass is 10.0. The Morgan fingerprint density at radius 1 is 1.24 bits per heavy atom. The van der Waals surface area contributed by atoms with E-state index in [0.29, 0.717) is 18.4 Å². The van der Waals surface area contributed by atoms with Gasteiger partial charge in [0.05, 0.1) is 10.7 Å². The van der Waals surface area contributed by atoms with E-state index in [2.05, 4.69) is 13.8 Å². The molecule has 0 aromatic carbocycles. The van der Waals surface area contributed by atoms with Gasteiger partial charge in [-0.15, -0.1) is 11.3 Å². The molecule has 2 rings (SSSR count). The molecule has 96 valence electrons. The van der Waals surface area contributed by atoms with Gasteiger partial charge in [-0.1, -0.05) is 39.5 Å². The van der Waals surface area contributed by atoms with Crippen molar-refractivity contribution in [3.05, 3.63) is 15.6 Å². The molecule has 0 aliphatic heterocycles. The van der Waals surface area contributed by atoms with Gasteiger partial charge >= 0.3 is 0 Å². The maximum absolute atomic E-state index is 5.83. The van der Waals surface area contributed by atoms with Crippen LogP contribution in [0.1, 0.15) is 79.8 Å². The van der Waals surface area contributed by atoms with Crippen LogP contribution in [0.4, 0.5) is 0 Å². The first-order chi connectivity index (χ1) is 8.22. The van der Waals surface area contributed by atoms with Gasteiger partial charge in [-0.25, -0.2) is 4.98 Å². The molecule has 0 bridgehead atoms. The van der Waals surface area contributed by atoms with Crippen LogP contribution in [0.2, 0.25) is 0 Å². The maximum atomic E-state index is 5.83. The lowest BCUT2D eigenvalue weighted by molar-refractivity contribution is 0.586. The number of nitrogens with two attached hydrogens (primary N) is 1. The minimum absolute atomic E-state index is 0.504. The molecule has 0 amide bonds. The average Bonchev–Trinajstić information content (AvgIpc) is 2.57. The number of thiazole rings is 1. The molecule has 1 saturated carbocycles. The van der Waals surface area contributed by atoms with Crippen LogP contribution in [0.15, 0.2) is 0 Å². The molecule has 1 fully saturated rings. The highest BCUT2D eigenvalue weighted by atomic mass is 32.1. The fourth-order valence-electron chi connectivity index (χ4n) is 2.68. The second kappa shape index (κ2) is 5.96. The van der Waals surface area contributed by atoms with Gasteiger partial charge in [-0.2, -0.15) is 0 Å². The number of hydrogen-bond donors (Lipinski definition) is 1. The maximum Gasteiger partial charge on any atom is 0.0962 e. The van der Waals surface area contributed by atoms with Crippen molar-refractivity contribution in [2.75, 3.05) is 0 Å². The zero-order valence-electron chi connectivity index (χ0n) is 11.0. The molecule has 0 spiro atoms. The monoisotopic (exact) mass is 252 g/mol. The molecule has 17 heavy (non-hydrogen) atoms. The molecule has 1 heterocycles. The van der Waals surface area contributed by atoms with E-state index < -0.39 is 0 Å². The van der Waals surface area contributed by atoms with E-state index in [0.717, 1.165) is 0 Å². The summed E-state index contributed by atoms with van der Waals surface area (Å²) < 4.78 is 0. The Hall–Kier alpha value is -0.410. The molecule has 2 nitrogen and oxygen atoms in total. The minimum Gasteiger partial charge on any atom is -0.326 e. The highest BCUT2D eigenvalue weighted by Crippen LogP contribution is 2.36. The summed E-state index contributed by atoms with van der Waals surface area (Å²) in [7, 11) is 0. The Balaban J connectivity index is 2.19. The van der Waals surface area contributed by atoms with Crippen molar-refractivity contribution in [3.63, 3.8) is 0 Å². The molecular formula is C14H24N2S. The van der Waals surface area contributed by atoms with E-state index in [1.165, 1.54) is 54.1 Å². The summed E-state index contributed by atoms with van der Waals surface area (Å²) in [5.41, 5.74) is 7.08. The molecule has 3 heteroatoms. The summed E-state index contributed by atoms with van der Waals surface area (Å²) in [6, 6.07) is 0. The van der Waals surface area contributed by atoms with Crippen molar-refractivity contribution in [1.29, 1.82) is 0 Å². The average molecular weight is 252 g/mol. The van der Waals surface area contributed by atoms with Crippen molar-refractivity contribution in [2.24, 2.45) is 5.73 Å². The minimum atomic E-state index is 0.504. The van der Waals surface area contributed by atoms with Crippen LogP contribution in [0.3, 0.4) is 0 Å². The van der Waals surface area contributed by atoms with Gasteiger partial charge in [0.25, 0.3) is 0 Å². The van der Waals surface area contributed by atoms with Gasteiger partial charge in [0.1, 0.15) is 0 Å². The fraction of sp³-hybridized carbons (Fsp3) is 0.786. The summed E-state index contributed by atoms with van der Waals surface area (Å²) in [4.78, 5) is 6.19. The van der Waals surface area contributed by atoms with E-state index >= 15 is 0 Å². The quantitative estimate of drug-likeness (QED) is 0.820. The van der Waals surface area contributed by atoms with Crippen LogP contribution in [0.5, 0.6) is 0 Å². The number of rotatable bonds is 3. The zero-order chi connectivity index (χ0) is 12.3. The van der Waals surface area contributed by atoms with Crippen LogP contribution in [-0.2, 0) is 6.54 Å². The summed E-state index contributed by atoms with van der Waals surface area (Å²) in [6.07, 6.45) is 8.22. The summed E-state index contributed by atoms with van der Waals surface area (Å²) in [5.74, 6) is 1.21. The van der Waals surface area contributed by atoms with Crippen molar-refractivity contribution >= 4 is 11.3 Å². The third-order valence-electron chi connectivity index (χ3n) is 3.68. The topological polar surface area (TPSA) is 38.9 Å². The Kier molecular flexibility index (Phi) is 4.57. The largest absolute Gasteiger partial charge is 0.326 e. The number of hydrogen-bond acceptors (Lipinski definition) is 3. The van der Waals surface area contributed by atoms with E-state index in [9.17, 15) is 0 Å². The Morgan fingerprint density at radius 3 is 2.35 bits per heavy atom. The van der Waals surface area contributed by atoms with Gasteiger partial charge in [0.15, 0.2) is 0 Å². The van der Waals surface area contributed by atoms with Crippen molar-refractivity contribution in [1.82, 2.24) is 4.98 Å². The van der Waals surface area contributed by atoms with Gasteiger partial charge in [0, 0.05) is 17.3 Å². The molecule has 0 saturated heterocycles. The molecular weight excluding hydrogens is 228 g/mol. The first-order valence-corrected chi connectivity index (χ1v) is 7.73. The predicted octanol–water partition coefficient (Wildman–Crippen LogP) is 4.16. The summed E-state index contributed by atoms with van der Waals surface area (Å²) in [6.45, 7) is 5.08. The fourth-order valence-corrected chi connectivity index (χ4v) is 3.95. The van der Waals surface area contributed by atoms with Crippen molar-refractivity contribution < 1.29 is 0 Å². The number of aromatic nitrogens is 1. The normalized spacial score (nSPS) is 18.6. The standard InChI is InChI=1S/C14H24N2S/c1-10(2)13-12(9-15)17-14(16-13)11-7-5-3-4-6-8-11/h10-11H,3-9,15H2,1-2H3. The van der Waals surface area contributed by atoms with Crippen LogP contribution >= 0.6 is 11.3 Å². The van der Waals surface area contributed by atoms with Crippen LogP contribution in [0.25, 0.3) is 0 Å². The summed E-state index contributed by atoms with van der Waals surface area (Å²) in [5, 5.41) is 1.36. The number of nitrogens with zero attached hydrogens (tertiary/aromatic N) is 1. The Bertz CT molecular complexity index is 349. The molecule has 0 unspecified atom stereocenters. The van der Waals surface area contributed by atoms with Gasteiger partial charge in [-0.05, 0) is 18.8 Å². The van der Waals surface area contributed by atoms with E-state index in [1.807, 2.05) is 11.3 Å². The third kappa shape index (κ3) is 3.08. The highest BCUT2D eigenvalue weighted by molar-refractivity contribution is 7.11. The van der Waals surface area contributed by atoms with Gasteiger partial charge < -0.3 is 5.73 Å². The predicted molar refractivity (Wildman–Crippen MR) is 74.5 cm³/mol. The van der Waals surface area contributed by atoms with Crippen LogP contribution < -0.4 is 5.73 Å². The molecule has 0 radical (unpaired) electrons. The second-order valence-electron chi connectivity index (χ2n) is 5.41. The Morgan fingerprint density at radius 2 is 1.88 bits per heavy atom. The molecule has 1 aliphatic carbocycles. The van der Waals surface area contributed by atoms with Crippen molar-refractivity contribution in [3.8, 4) is 0 Å². The Labute approximate surface area is 109 Å². The van der Waals surface area contributed by atoms with Crippen LogP contribution in [-0.4, -0.2) is 4.98 Å². The van der Waals surface area contributed by atoms with E-state index in [4.69, 9.17) is 10.7 Å². The van der Waals surface area contributed by atoms with E-state index in [-0.39, 0.29) is 0 Å². The molecule has 1 aromatic heterocycles. The van der Waals surface area contributed by atoms with Crippen LogP contribution in [0, 0.1) is 0 Å². The summed E-state index contributed by atoms with van der Waals surface area (Å²) >= 11 is 1.87. The molecule has 0 atom stereocenters. The van der Waals surface area contributed by atoms with Gasteiger partial charge in [-0.3, -0.25) is 0 Å². The molecule has 2 N–H and O–H groups in total. The van der Waals surface area contributed by atoms with E-state index in [1.54, 1.807) is 0 Å². The van der Waals surface area contributed by atoms with Gasteiger partial charge in [0.2, 0.25) is 0 Å². The third-order valence-corrected chi connectivity index (χ3v) is 4.94. The highest BCUT2D eigenvalue weighted by Gasteiger charge is 2.21. The SMILES string of the molecule is CC(C)c1nc(C2CCCCCC2)sc1CN. The lowest BCUT2D eigenvalue weighted by Gasteiger charge is -2.09. The smallest absolute Gasteiger partial charge is 0.0962 e. The second-order valence-corrected chi connectivity index (χ2v) is 6.52. The first-order valence-electron chi connectivity index (χ1n) is 6.92. The first kappa shape index (κ1) is 13.0. The molecule has 1 aromatic rings. The molecule has 1 aliphatic rings. The van der Waals surface area contributed by atoms with Crippen molar-refractivity contribution in [2.45, 2.75) is 70.8 Å².